The maximum atomic E-state index is 12.4. The molecule has 0 spiro atoms. The summed E-state index contributed by atoms with van der Waals surface area (Å²) in [4.78, 5) is 12.4. The van der Waals surface area contributed by atoms with Crippen molar-refractivity contribution in [2.45, 2.75) is 42.8 Å². The molecule has 2 aromatic heterocycles. The van der Waals surface area contributed by atoms with Crippen LogP contribution in [0.2, 0.25) is 0 Å². The van der Waals surface area contributed by atoms with E-state index in [2.05, 4.69) is 34.7 Å². The maximum Gasteiger partial charge on any atom is 0.237 e. The van der Waals surface area contributed by atoms with E-state index in [0.29, 0.717) is 17.6 Å². The van der Waals surface area contributed by atoms with Gasteiger partial charge in [0.2, 0.25) is 11.0 Å². The monoisotopic (exact) mass is 402 g/mol. The summed E-state index contributed by atoms with van der Waals surface area (Å²) in [5, 5.41) is 14.8. The highest BCUT2D eigenvalue weighted by Gasteiger charge is 2.17. The van der Waals surface area contributed by atoms with Crippen molar-refractivity contribution in [2.24, 2.45) is 0 Å². The van der Waals surface area contributed by atoms with E-state index >= 15 is 0 Å². The molecule has 0 fully saturated rings. The van der Waals surface area contributed by atoms with Gasteiger partial charge in [0.25, 0.3) is 0 Å². The molecule has 0 aliphatic heterocycles. The standard InChI is InChI=1S/C19H22N4O2S2/c1-12(2)14-6-8-15(9-7-14)21-17(24)13(3)26-19-23-22-18(27-19)20-11-16-5-4-10-25-16/h4-10,12-13H,11H2,1-3H3,(H,20,22)(H,21,24)/t13-/m1/s1. The molecule has 0 saturated carbocycles. The van der Waals surface area contributed by atoms with Crippen molar-refractivity contribution in [3.63, 3.8) is 0 Å². The van der Waals surface area contributed by atoms with Crippen LogP contribution in [0.1, 0.15) is 38.0 Å². The summed E-state index contributed by atoms with van der Waals surface area (Å²) in [6, 6.07) is 11.7. The smallest absolute Gasteiger partial charge is 0.237 e. The molecule has 142 valence electrons. The van der Waals surface area contributed by atoms with E-state index in [9.17, 15) is 4.79 Å². The number of nitrogens with zero attached hydrogens (tertiary/aromatic N) is 2. The minimum atomic E-state index is -0.277. The zero-order chi connectivity index (χ0) is 19.2. The zero-order valence-electron chi connectivity index (χ0n) is 15.4. The number of hydrogen-bond acceptors (Lipinski definition) is 7. The largest absolute Gasteiger partial charge is 0.467 e. The van der Waals surface area contributed by atoms with Crippen LogP contribution < -0.4 is 10.6 Å². The number of anilines is 2. The summed E-state index contributed by atoms with van der Waals surface area (Å²) in [7, 11) is 0. The Hall–Kier alpha value is -2.32. The number of benzene rings is 1. The van der Waals surface area contributed by atoms with Crippen molar-refractivity contribution in [2.75, 3.05) is 10.6 Å². The lowest BCUT2D eigenvalue weighted by Gasteiger charge is -2.11. The van der Waals surface area contributed by atoms with Crippen molar-refractivity contribution >= 4 is 39.8 Å². The molecule has 2 heterocycles. The van der Waals surface area contributed by atoms with Crippen molar-refractivity contribution in [3.05, 3.63) is 54.0 Å². The van der Waals surface area contributed by atoms with Gasteiger partial charge < -0.3 is 15.1 Å². The Kier molecular flexibility index (Phi) is 6.52. The third kappa shape index (κ3) is 5.58. The first kappa shape index (κ1) is 19.4. The lowest BCUT2D eigenvalue weighted by atomic mass is 10.0. The molecule has 0 aliphatic carbocycles. The van der Waals surface area contributed by atoms with Gasteiger partial charge in [-0.15, -0.1) is 10.2 Å². The molecule has 3 aromatic rings. The van der Waals surface area contributed by atoms with Crippen LogP contribution in [0.3, 0.4) is 0 Å². The third-order valence-corrected chi connectivity index (χ3v) is 5.96. The number of thioether (sulfide) groups is 1. The highest BCUT2D eigenvalue weighted by molar-refractivity contribution is 8.02. The lowest BCUT2D eigenvalue weighted by molar-refractivity contribution is -0.115. The van der Waals surface area contributed by atoms with E-state index < -0.39 is 0 Å². The number of carbonyl (C=O) groups excluding carboxylic acids is 1. The Balaban J connectivity index is 1.50. The van der Waals surface area contributed by atoms with E-state index in [1.54, 1.807) is 6.26 Å². The second kappa shape index (κ2) is 9.05. The molecule has 1 amide bonds. The van der Waals surface area contributed by atoms with Crippen LogP contribution in [0.5, 0.6) is 0 Å². The van der Waals surface area contributed by atoms with Gasteiger partial charge in [-0.3, -0.25) is 4.79 Å². The van der Waals surface area contributed by atoms with Gasteiger partial charge in [-0.2, -0.15) is 0 Å². The molecule has 0 unspecified atom stereocenters. The number of nitrogens with one attached hydrogen (secondary N) is 2. The molecule has 0 bridgehead atoms. The van der Waals surface area contributed by atoms with Crippen LogP contribution in [0.4, 0.5) is 10.8 Å². The number of furan rings is 1. The Labute approximate surface area is 166 Å². The molecule has 0 saturated heterocycles. The highest BCUT2D eigenvalue weighted by atomic mass is 32.2. The number of amides is 1. The maximum absolute atomic E-state index is 12.4. The molecule has 3 rings (SSSR count). The first-order chi connectivity index (χ1) is 13.0. The average Bonchev–Trinajstić information content (AvgIpc) is 3.32. The van der Waals surface area contributed by atoms with Gasteiger partial charge in [0.05, 0.1) is 18.1 Å². The van der Waals surface area contributed by atoms with E-state index in [0.717, 1.165) is 15.8 Å². The Bertz CT molecular complexity index is 860. The molecular weight excluding hydrogens is 380 g/mol. The van der Waals surface area contributed by atoms with E-state index in [1.807, 2.05) is 43.3 Å². The van der Waals surface area contributed by atoms with Crippen LogP contribution >= 0.6 is 23.1 Å². The molecule has 0 radical (unpaired) electrons. The third-order valence-electron chi connectivity index (χ3n) is 3.89. The number of hydrogen-bond donors (Lipinski definition) is 2. The molecule has 8 heteroatoms. The zero-order valence-corrected chi connectivity index (χ0v) is 17.1. The van der Waals surface area contributed by atoms with Gasteiger partial charge in [-0.25, -0.2) is 0 Å². The fourth-order valence-corrected chi connectivity index (χ4v) is 4.20. The van der Waals surface area contributed by atoms with E-state index in [4.69, 9.17) is 4.42 Å². The number of carbonyl (C=O) groups is 1. The highest BCUT2D eigenvalue weighted by Crippen LogP contribution is 2.29. The van der Waals surface area contributed by atoms with Crippen molar-refractivity contribution < 1.29 is 9.21 Å². The Morgan fingerprint density at radius 3 is 2.63 bits per heavy atom. The van der Waals surface area contributed by atoms with Gasteiger partial charge in [-0.05, 0) is 42.7 Å². The van der Waals surface area contributed by atoms with Gasteiger partial charge >= 0.3 is 0 Å². The molecular formula is C19H22N4O2S2. The molecule has 27 heavy (non-hydrogen) atoms. The molecule has 1 aromatic carbocycles. The molecule has 6 nitrogen and oxygen atoms in total. The molecule has 2 N–H and O–H groups in total. The van der Waals surface area contributed by atoms with Gasteiger partial charge in [0, 0.05) is 5.69 Å². The number of rotatable bonds is 8. The van der Waals surface area contributed by atoms with Crippen LogP contribution in [-0.4, -0.2) is 21.4 Å². The molecule has 0 aliphatic rings. The van der Waals surface area contributed by atoms with Crippen molar-refractivity contribution in [3.8, 4) is 0 Å². The summed E-state index contributed by atoms with van der Waals surface area (Å²) in [5.41, 5.74) is 2.05. The van der Waals surface area contributed by atoms with Crippen molar-refractivity contribution in [1.82, 2.24) is 10.2 Å². The summed E-state index contributed by atoms with van der Waals surface area (Å²) in [6.45, 7) is 6.70. The quantitative estimate of drug-likeness (QED) is 0.517. The first-order valence-electron chi connectivity index (χ1n) is 8.68. The van der Waals surface area contributed by atoms with Gasteiger partial charge in [-0.1, -0.05) is 49.1 Å². The second-order valence-corrected chi connectivity index (χ2v) is 8.90. The van der Waals surface area contributed by atoms with Crippen LogP contribution in [0, 0.1) is 0 Å². The fraction of sp³-hybridized carbons (Fsp3) is 0.316. The first-order valence-corrected chi connectivity index (χ1v) is 10.4. The predicted molar refractivity (Wildman–Crippen MR) is 110 cm³/mol. The van der Waals surface area contributed by atoms with Gasteiger partial charge in [0.15, 0.2) is 4.34 Å². The predicted octanol–water partition coefficient (Wildman–Crippen LogP) is 4.99. The average molecular weight is 403 g/mol. The summed E-state index contributed by atoms with van der Waals surface area (Å²) < 4.78 is 6.02. The normalized spacial score (nSPS) is 12.1. The summed E-state index contributed by atoms with van der Waals surface area (Å²) in [6.07, 6.45) is 1.63. The van der Waals surface area contributed by atoms with Crippen LogP contribution in [-0.2, 0) is 11.3 Å². The second-order valence-electron chi connectivity index (χ2n) is 6.33. The van der Waals surface area contributed by atoms with Gasteiger partial charge in [0.1, 0.15) is 5.76 Å². The Morgan fingerprint density at radius 2 is 1.96 bits per heavy atom. The number of aromatic nitrogens is 2. The lowest BCUT2D eigenvalue weighted by Crippen LogP contribution is -2.22. The molecule has 1 atom stereocenters. The minimum Gasteiger partial charge on any atom is -0.467 e. The van der Waals surface area contributed by atoms with E-state index in [-0.39, 0.29) is 11.2 Å². The SMILES string of the molecule is CC(C)c1ccc(NC(=O)[C@@H](C)Sc2nnc(NCc3ccco3)s2)cc1. The summed E-state index contributed by atoms with van der Waals surface area (Å²) in [5.74, 6) is 1.24. The summed E-state index contributed by atoms with van der Waals surface area (Å²) >= 11 is 2.81. The Morgan fingerprint density at radius 1 is 1.19 bits per heavy atom. The van der Waals surface area contributed by atoms with Crippen LogP contribution in [0.25, 0.3) is 0 Å². The topological polar surface area (TPSA) is 80.0 Å². The fourth-order valence-electron chi connectivity index (χ4n) is 2.30. The van der Waals surface area contributed by atoms with Crippen molar-refractivity contribution in [1.29, 1.82) is 0 Å². The van der Waals surface area contributed by atoms with Crippen LogP contribution in [0.15, 0.2) is 51.4 Å². The van der Waals surface area contributed by atoms with E-state index in [1.165, 1.54) is 28.7 Å². The minimum absolute atomic E-state index is 0.0578.